The number of hydrogen-bond acceptors (Lipinski definition) is 4. The van der Waals surface area contributed by atoms with E-state index in [0.717, 1.165) is 0 Å². The molecule has 0 saturated heterocycles. The highest BCUT2D eigenvalue weighted by atomic mass is 16.5. The molecule has 13 heavy (non-hydrogen) atoms. The molecular formula is C8H15NO4. The highest BCUT2D eigenvalue weighted by Crippen LogP contribution is 1.97. The molecule has 0 rings (SSSR count). The van der Waals surface area contributed by atoms with E-state index in [0.29, 0.717) is 6.61 Å². The third-order valence-electron chi connectivity index (χ3n) is 1.28. The molecule has 0 bridgehead atoms. The van der Waals surface area contributed by atoms with Gasteiger partial charge in [0.15, 0.2) is 0 Å². The number of esters is 1. The number of rotatable bonds is 5. The Hall–Kier alpha value is -1.10. The molecule has 0 aromatic rings. The second-order valence-corrected chi connectivity index (χ2v) is 3.23. The molecule has 0 fully saturated rings. The highest BCUT2D eigenvalue weighted by molar-refractivity contribution is 5.81. The van der Waals surface area contributed by atoms with Crippen LogP contribution in [0.3, 0.4) is 0 Å². The molecular weight excluding hydrogens is 174 g/mol. The van der Waals surface area contributed by atoms with Crippen LogP contribution in [-0.4, -0.2) is 29.7 Å². The molecule has 5 nitrogen and oxygen atoms in total. The molecule has 76 valence electrons. The summed E-state index contributed by atoms with van der Waals surface area (Å²) in [5, 5.41) is 8.38. The minimum absolute atomic E-state index is 0.241. The largest absolute Gasteiger partial charge is 0.480 e. The first-order chi connectivity index (χ1) is 5.93. The van der Waals surface area contributed by atoms with E-state index in [9.17, 15) is 9.59 Å². The maximum atomic E-state index is 10.9. The smallest absolute Gasteiger partial charge is 0.321 e. The zero-order chi connectivity index (χ0) is 10.4. The van der Waals surface area contributed by atoms with Gasteiger partial charge in [0.2, 0.25) is 0 Å². The van der Waals surface area contributed by atoms with Crippen LogP contribution in [0.25, 0.3) is 0 Å². The van der Waals surface area contributed by atoms with E-state index >= 15 is 0 Å². The topological polar surface area (TPSA) is 89.6 Å². The summed E-state index contributed by atoms with van der Waals surface area (Å²) in [6, 6.07) is -1.17. The molecule has 5 heteroatoms. The molecule has 0 radical (unpaired) electrons. The summed E-state index contributed by atoms with van der Waals surface area (Å²) in [5.41, 5.74) is 5.12. The minimum atomic E-state index is -1.19. The van der Waals surface area contributed by atoms with Gasteiger partial charge in [-0.15, -0.1) is 0 Å². The van der Waals surface area contributed by atoms with Gasteiger partial charge in [-0.1, -0.05) is 13.8 Å². The zero-order valence-electron chi connectivity index (χ0n) is 7.82. The molecule has 0 aliphatic rings. The predicted molar refractivity (Wildman–Crippen MR) is 46.0 cm³/mol. The van der Waals surface area contributed by atoms with Crippen LogP contribution in [0.15, 0.2) is 0 Å². The number of carboxylic acids is 1. The molecule has 0 aliphatic carbocycles. The van der Waals surface area contributed by atoms with Gasteiger partial charge in [-0.25, -0.2) is 0 Å². The number of carboxylic acid groups (broad SMARTS) is 1. The van der Waals surface area contributed by atoms with Crippen molar-refractivity contribution >= 4 is 11.9 Å². The van der Waals surface area contributed by atoms with Gasteiger partial charge in [-0.05, 0) is 5.92 Å². The van der Waals surface area contributed by atoms with E-state index in [1.165, 1.54) is 0 Å². The fourth-order valence-electron chi connectivity index (χ4n) is 0.585. The summed E-state index contributed by atoms with van der Waals surface area (Å²) in [7, 11) is 0. The predicted octanol–water partition coefficient (Wildman–Crippen LogP) is -0.0124. The van der Waals surface area contributed by atoms with Crippen molar-refractivity contribution in [2.75, 3.05) is 6.61 Å². The van der Waals surface area contributed by atoms with Crippen LogP contribution in [0.1, 0.15) is 20.3 Å². The number of ether oxygens (including phenoxy) is 1. The molecule has 1 unspecified atom stereocenters. The van der Waals surface area contributed by atoms with Crippen LogP contribution in [0.2, 0.25) is 0 Å². The van der Waals surface area contributed by atoms with Crippen molar-refractivity contribution in [3.05, 3.63) is 0 Å². The maximum Gasteiger partial charge on any atom is 0.321 e. The Bertz CT molecular complexity index is 191. The Labute approximate surface area is 76.9 Å². The first-order valence-corrected chi connectivity index (χ1v) is 4.07. The molecule has 3 N–H and O–H groups in total. The first kappa shape index (κ1) is 11.9. The van der Waals surface area contributed by atoms with E-state index in [1.54, 1.807) is 0 Å². The summed E-state index contributed by atoms with van der Waals surface area (Å²) in [6.07, 6.45) is -0.276. The average Bonchev–Trinajstić information content (AvgIpc) is 2.00. The zero-order valence-corrected chi connectivity index (χ0v) is 7.82. The van der Waals surface area contributed by atoms with Crippen molar-refractivity contribution in [1.29, 1.82) is 0 Å². The molecule has 0 spiro atoms. The van der Waals surface area contributed by atoms with Gasteiger partial charge in [0.05, 0.1) is 13.0 Å². The van der Waals surface area contributed by atoms with E-state index < -0.39 is 18.0 Å². The van der Waals surface area contributed by atoms with Crippen molar-refractivity contribution in [3.8, 4) is 0 Å². The highest BCUT2D eigenvalue weighted by Gasteiger charge is 2.17. The number of hydrogen-bond donors (Lipinski definition) is 2. The summed E-state index contributed by atoms with van der Waals surface area (Å²) in [4.78, 5) is 21.1. The second-order valence-electron chi connectivity index (χ2n) is 3.23. The van der Waals surface area contributed by atoms with Crippen molar-refractivity contribution in [2.45, 2.75) is 26.3 Å². The van der Waals surface area contributed by atoms with E-state index in [-0.39, 0.29) is 12.3 Å². The fraction of sp³-hybridized carbons (Fsp3) is 0.750. The molecule has 0 amide bonds. The molecule has 0 heterocycles. The summed E-state index contributed by atoms with van der Waals surface area (Å²) in [5.74, 6) is -1.52. The third-order valence-corrected chi connectivity index (χ3v) is 1.28. The van der Waals surface area contributed by atoms with E-state index in [1.807, 2.05) is 13.8 Å². The molecule has 0 aromatic carbocycles. The van der Waals surface area contributed by atoms with Crippen LogP contribution < -0.4 is 5.73 Å². The van der Waals surface area contributed by atoms with Gasteiger partial charge in [0.25, 0.3) is 0 Å². The van der Waals surface area contributed by atoms with Crippen LogP contribution in [0.5, 0.6) is 0 Å². The maximum absolute atomic E-state index is 10.9. The van der Waals surface area contributed by atoms with E-state index in [2.05, 4.69) is 0 Å². The Kier molecular flexibility index (Phi) is 5.06. The number of carbonyl (C=O) groups excluding carboxylic acids is 1. The standard InChI is InChI=1S/C8H15NO4/c1-5(2)4-13-7(10)3-6(9)8(11)12/h5-6H,3-4,9H2,1-2H3,(H,11,12). The number of carbonyl (C=O) groups is 2. The SMILES string of the molecule is CC(C)COC(=O)CC(N)C(=O)O. The van der Waals surface area contributed by atoms with Crippen molar-refractivity contribution in [3.63, 3.8) is 0 Å². The quantitative estimate of drug-likeness (QED) is 0.593. The van der Waals surface area contributed by atoms with Crippen LogP contribution in [-0.2, 0) is 14.3 Å². The van der Waals surface area contributed by atoms with E-state index in [4.69, 9.17) is 15.6 Å². The lowest BCUT2D eigenvalue weighted by molar-refractivity contribution is -0.149. The monoisotopic (exact) mass is 189 g/mol. The number of nitrogens with two attached hydrogens (primary N) is 1. The lowest BCUT2D eigenvalue weighted by Gasteiger charge is -2.08. The van der Waals surface area contributed by atoms with Crippen molar-refractivity contribution < 1.29 is 19.4 Å². The van der Waals surface area contributed by atoms with Gasteiger partial charge < -0.3 is 15.6 Å². The van der Waals surface area contributed by atoms with Gasteiger partial charge in [0, 0.05) is 0 Å². The molecule has 0 aliphatic heterocycles. The summed E-state index contributed by atoms with van der Waals surface area (Å²) >= 11 is 0. The first-order valence-electron chi connectivity index (χ1n) is 4.07. The lowest BCUT2D eigenvalue weighted by Crippen LogP contribution is -2.33. The second kappa shape index (κ2) is 5.53. The Balaban J connectivity index is 3.68. The van der Waals surface area contributed by atoms with Crippen molar-refractivity contribution in [2.24, 2.45) is 11.7 Å². The Morgan fingerprint density at radius 2 is 2.00 bits per heavy atom. The third kappa shape index (κ3) is 6.10. The molecule has 0 aromatic heterocycles. The number of aliphatic carboxylic acids is 1. The molecule has 0 saturated carbocycles. The van der Waals surface area contributed by atoms with Crippen molar-refractivity contribution in [1.82, 2.24) is 0 Å². The normalized spacial score (nSPS) is 12.6. The van der Waals surface area contributed by atoms with Gasteiger partial charge in [-0.3, -0.25) is 9.59 Å². The minimum Gasteiger partial charge on any atom is -0.480 e. The summed E-state index contributed by atoms with van der Waals surface area (Å²) < 4.78 is 4.74. The summed E-state index contributed by atoms with van der Waals surface area (Å²) in [6.45, 7) is 4.08. The van der Waals surface area contributed by atoms with Crippen LogP contribution >= 0.6 is 0 Å². The van der Waals surface area contributed by atoms with Gasteiger partial charge in [0.1, 0.15) is 6.04 Å². The Morgan fingerprint density at radius 1 is 1.46 bits per heavy atom. The average molecular weight is 189 g/mol. The lowest BCUT2D eigenvalue weighted by atomic mass is 10.2. The molecule has 1 atom stereocenters. The fourth-order valence-corrected chi connectivity index (χ4v) is 0.585. The van der Waals surface area contributed by atoms with Gasteiger partial charge >= 0.3 is 11.9 Å². The Morgan fingerprint density at radius 3 is 2.38 bits per heavy atom. The van der Waals surface area contributed by atoms with Gasteiger partial charge in [-0.2, -0.15) is 0 Å². The van der Waals surface area contributed by atoms with Crippen LogP contribution in [0.4, 0.5) is 0 Å². The van der Waals surface area contributed by atoms with Crippen LogP contribution in [0, 0.1) is 5.92 Å².